The number of aromatic nitrogens is 2. The van der Waals surface area contributed by atoms with Gasteiger partial charge < -0.3 is 4.74 Å². The number of nitrogens with zero attached hydrogens (tertiary/aromatic N) is 3. The third-order valence-electron chi connectivity index (χ3n) is 7.87. The van der Waals surface area contributed by atoms with Crippen LogP contribution < -0.4 is 0 Å². The third kappa shape index (κ3) is 4.01. The van der Waals surface area contributed by atoms with Crippen LogP contribution in [0.1, 0.15) is 43.4 Å². The summed E-state index contributed by atoms with van der Waals surface area (Å²) in [7, 11) is -2.33. The molecule has 0 unspecified atom stereocenters. The zero-order valence-electron chi connectivity index (χ0n) is 20.5. The number of fused-ring (bicyclic) bond motifs is 2. The Hall–Kier alpha value is -3.30. The highest BCUT2D eigenvalue weighted by molar-refractivity contribution is 7.89. The van der Waals surface area contributed by atoms with E-state index in [0.29, 0.717) is 25.7 Å². The highest BCUT2D eigenvalue weighted by Crippen LogP contribution is 2.51. The van der Waals surface area contributed by atoms with Crippen LogP contribution >= 0.6 is 0 Å². The predicted octanol–water partition coefficient (Wildman–Crippen LogP) is 4.52. The number of esters is 1. The standard InChI is InChI=1S/C28H28FN3O4S/c1-36-27(33)28-16-19-18-30-31(22-11-8-21(29)9-12-22)26(19)15-20(28)7-10-24(17-28)32(23-13-14-23)37(34,35)25-5-3-2-4-6-25/h2-6,8-9,11-12,15,18,23-24H,7,10,13-14,16-17H2,1H3/t24-,28-/m0/s1. The van der Waals surface area contributed by atoms with Crippen LogP contribution in [-0.4, -0.2) is 47.7 Å². The van der Waals surface area contributed by atoms with Gasteiger partial charge in [0, 0.05) is 12.1 Å². The fourth-order valence-electron chi connectivity index (χ4n) is 5.99. The molecule has 37 heavy (non-hydrogen) atoms. The van der Waals surface area contributed by atoms with Gasteiger partial charge in [-0.25, -0.2) is 17.5 Å². The highest BCUT2D eigenvalue weighted by Gasteiger charge is 2.54. The average Bonchev–Trinajstić information content (AvgIpc) is 3.66. The van der Waals surface area contributed by atoms with Crippen LogP contribution in [0.2, 0.25) is 0 Å². The molecule has 3 aliphatic carbocycles. The molecule has 0 spiro atoms. The zero-order chi connectivity index (χ0) is 25.8. The molecule has 1 aromatic heterocycles. The van der Waals surface area contributed by atoms with Crippen LogP contribution in [-0.2, 0) is 26.0 Å². The van der Waals surface area contributed by atoms with Crippen molar-refractivity contribution in [2.45, 2.75) is 55.5 Å². The summed E-state index contributed by atoms with van der Waals surface area (Å²) >= 11 is 0. The van der Waals surface area contributed by atoms with Crippen LogP contribution in [0, 0.1) is 11.2 Å². The summed E-state index contributed by atoms with van der Waals surface area (Å²) in [5, 5.41) is 4.53. The van der Waals surface area contributed by atoms with Gasteiger partial charge in [-0.2, -0.15) is 9.40 Å². The first kappa shape index (κ1) is 24.1. The lowest BCUT2D eigenvalue weighted by Crippen LogP contribution is -2.51. The van der Waals surface area contributed by atoms with E-state index in [1.807, 2.05) is 6.08 Å². The van der Waals surface area contributed by atoms with Crippen molar-refractivity contribution < 1.29 is 22.3 Å². The van der Waals surface area contributed by atoms with E-state index in [1.54, 1.807) is 57.6 Å². The first-order valence-electron chi connectivity index (χ1n) is 12.5. The number of carbonyl (C=O) groups excluding carboxylic acids is 1. The van der Waals surface area contributed by atoms with Crippen molar-refractivity contribution in [1.82, 2.24) is 14.1 Å². The second-order valence-electron chi connectivity index (χ2n) is 10.1. The Bertz CT molecular complexity index is 1480. The summed E-state index contributed by atoms with van der Waals surface area (Å²) in [5.41, 5.74) is 2.44. The minimum absolute atomic E-state index is 0.0455. The maximum absolute atomic E-state index is 13.8. The van der Waals surface area contributed by atoms with Crippen molar-refractivity contribution in [1.29, 1.82) is 0 Å². The van der Waals surface area contributed by atoms with Gasteiger partial charge in [0.2, 0.25) is 10.0 Å². The minimum Gasteiger partial charge on any atom is -0.468 e. The molecular weight excluding hydrogens is 493 g/mol. The Labute approximate surface area is 215 Å². The second kappa shape index (κ2) is 8.92. The van der Waals surface area contributed by atoms with Gasteiger partial charge in [-0.05, 0) is 86.6 Å². The molecule has 0 N–H and O–H groups in total. The minimum atomic E-state index is -3.72. The highest BCUT2D eigenvalue weighted by atomic mass is 32.2. The predicted molar refractivity (Wildman–Crippen MR) is 136 cm³/mol. The molecule has 2 aromatic carbocycles. The number of methoxy groups -OCH3 is 1. The molecule has 2 saturated carbocycles. The van der Waals surface area contributed by atoms with Crippen molar-refractivity contribution in [3.05, 3.63) is 83.4 Å². The van der Waals surface area contributed by atoms with Gasteiger partial charge in [0.15, 0.2) is 0 Å². The number of sulfonamides is 1. The number of benzene rings is 2. The zero-order valence-corrected chi connectivity index (χ0v) is 21.3. The molecule has 9 heteroatoms. The normalized spacial score (nSPS) is 23.2. The molecular formula is C28H28FN3O4S. The summed E-state index contributed by atoms with van der Waals surface area (Å²) in [6.45, 7) is 0. The SMILES string of the molecule is COC(=O)[C@]12Cc3cnn(-c4ccc(F)cc4)c3C=C1CC[C@H](N(C1CC1)S(=O)(=O)c1ccccc1)C2. The first-order chi connectivity index (χ1) is 17.8. The van der Waals surface area contributed by atoms with Crippen molar-refractivity contribution in [2.24, 2.45) is 5.41 Å². The number of rotatable bonds is 6. The van der Waals surface area contributed by atoms with Crippen LogP contribution in [0.15, 0.2) is 71.3 Å². The van der Waals surface area contributed by atoms with Crippen LogP contribution in [0.4, 0.5) is 4.39 Å². The maximum atomic E-state index is 13.8. The van der Waals surface area contributed by atoms with E-state index in [2.05, 4.69) is 5.10 Å². The number of hydrogen-bond acceptors (Lipinski definition) is 5. The Kier molecular flexibility index (Phi) is 5.80. The quantitative estimate of drug-likeness (QED) is 0.446. The summed E-state index contributed by atoms with van der Waals surface area (Å²) in [6.07, 6.45) is 7.30. The number of carbonyl (C=O) groups is 1. The maximum Gasteiger partial charge on any atom is 0.316 e. The lowest BCUT2D eigenvalue weighted by atomic mass is 9.63. The van der Waals surface area contributed by atoms with Crippen molar-refractivity contribution in [3.63, 3.8) is 0 Å². The lowest BCUT2D eigenvalue weighted by Gasteiger charge is -2.45. The molecule has 3 aliphatic rings. The van der Waals surface area contributed by atoms with Gasteiger partial charge in [0.25, 0.3) is 0 Å². The van der Waals surface area contributed by atoms with Gasteiger partial charge in [0.1, 0.15) is 5.82 Å². The molecule has 2 fully saturated rings. The van der Waals surface area contributed by atoms with E-state index in [0.717, 1.165) is 35.4 Å². The van der Waals surface area contributed by atoms with Gasteiger partial charge >= 0.3 is 5.97 Å². The first-order valence-corrected chi connectivity index (χ1v) is 14.0. The Morgan fingerprint density at radius 2 is 1.81 bits per heavy atom. The Balaban J connectivity index is 1.38. The molecule has 0 amide bonds. The summed E-state index contributed by atoms with van der Waals surface area (Å²) in [4.78, 5) is 13.7. The Morgan fingerprint density at radius 1 is 1.08 bits per heavy atom. The van der Waals surface area contributed by atoms with Gasteiger partial charge in [-0.1, -0.05) is 23.8 Å². The van der Waals surface area contributed by atoms with E-state index >= 15 is 0 Å². The van der Waals surface area contributed by atoms with E-state index in [1.165, 1.54) is 19.2 Å². The molecule has 3 aromatic rings. The number of ether oxygens (including phenoxy) is 1. The monoisotopic (exact) mass is 521 g/mol. The summed E-state index contributed by atoms with van der Waals surface area (Å²) in [6, 6.07) is 14.3. The molecule has 192 valence electrons. The summed E-state index contributed by atoms with van der Waals surface area (Å²) < 4.78 is 49.7. The fourth-order valence-corrected chi connectivity index (χ4v) is 7.91. The van der Waals surface area contributed by atoms with E-state index in [4.69, 9.17) is 4.74 Å². The van der Waals surface area contributed by atoms with Crippen molar-refractivity contribution in [2.75, 3.05) is 7.11 Å². The van der Waals surface area contributed by atoms with Gasteiger partial charge in [0.05, 0.1) is 35.0 Å². The number of hydrogen-bond donors (Lipinski definition) is 0. The van der Waals surface area contributed by atoms with Crippen LogP contribution in [0.5, 0.6) is 0 Å². The number of halogens is 1. The average molecular weight is 522 g/mol. The van der Waals surface area contributed by atoms with E-state index < -0.39 is 15.4 Å². The molecule has 2 atom stereocenters. The Morgan fingerprint density at radius 3 is 2.49 bits per heavy atom. The molecule has 0 saturated heterocycles. The van der Waals surface area contributed by atoms with Crippen LogP contribution in [0.3, 0.4) is 0 Å². The lowest BCUT2D eigenvalue weighted by molar-refractivity contribution is -0.152. The molecule has 1 heterocycles. The smallest absolute Gasteiger partial charge is 0.316 e. The van der Waals surface area contributed by atoms with Gasteiger partial charge in [-0.3, -0.25) is 4.79 Å². The molecule has 6 rings (SSSR count). The molecule has 7 nitrogen and oxygen atoms in total. The topological polar surface area (TPSA) is 81.5 Å². The fraction of sp³-hybridized carbons (Fsp3) is 0.357. The van der Waals surface area contributed by atoms with E-state index in [-0.39, 0.29) is 28.8 Å². The van der Waals surface area contributed by atoms with Gasteiger partial charge in [-0.15, -0.1) is 0 Å². The third-order valence-corrected chi connectivity index (χ3v) is 9.89. The largest absolute Gasteiger partial charge is 0.468 e. The van der Waals surface area contributed by atoms with Crippen molar-refractivity contribution in [3.8, 4) is 5.69 Å². The van der Waals surface area contributed by atoms with Crippen molar-refractivity contribution >= 4 is 22.1 Å². The molecule has 0 radical (unpaired) electrons. The molecule has 0 bridgehead atoms. The summed E-state index contributed by atoms with van der Waals surface area (Å²) in [5.74, 6) is -0.673. The second-order valence-corrected chi connectivity index (χ2v) is 12.0. The van der Waals surface area contributed by atoms with E-state index in [9.17, 15) is 17.6 Å². The molecule has 0 aliphatic heterocycles. The van der Waals surface area contributed by atoms with Crippen LogP contribution in [0.25, 0.3) is 11.8 Å².